The number of aromatic nitrogens is 3. The second-order valence-corrected chi connectivity index (χ2v) is 4.19. The Morgan fingerprint density at radius 3 is 2.67 bits per heavy atom. The number of fused-ring (bicyclic) bond motifs is 1. The van der Waals surface area contributed by atoms with Crippen LogP contribution >= 0.6 is 12.2 Å². The minimum absolute atomic E-state index is 0.213. The van der Waals surface area contributed by atoms with Crippen LogP contribution in [0.4, 0.5) is 0 Å². The first kappa shape index (κ1) is 10.9. The summed E-state index contributed by atoms with van der Waals surface area (Å²) in [4.78, 5) is 18.7. The van der Waals surface area contributed by atoms with Crippen LogP contribution in [0.2, 0.25) is 0 Å². The molecule has 0 saturated heterocycles. The maximum atomic E-state index is 11.8. The quantitative estimate of drug-likeness (QED) is 0.679. The van der Waals surface area contributed by atoms with Crippen molar-refractivity contribution in [2.45, 2.75) is 0 Å². The third-order valence-corrected chi connectivity index (χ3v) is 2.97. The van der Waals surface area contributed by atoms with Crippen molar-refractivity contribution in [3.63, 3.8) is 0 Å². The van der Waals surface area contributed by atoms with Crippen molar-refractivity contribution in [1.29, 1.82) is 0 Å². The molecule has 1 N–H and O–H groups in total. The first-order valence-corrected chi connectivity index (χ1v) is 5.84. The van der Waals surface area contributed by atoms with Crippen LogP contribution in [0.15, 0.2) is 53.5 Å². The average Bonchev–Trinajstić information content (AvgIpc) is 2.40. The van der Waals surface area contributed by atoms with Gasteiger partial charge in [-0.1, -0.05) is 18.2 Å². The van der Waals surface area contributed by atoms with Crippen molar-refractivity contribution < 1.29 is 0 Å². The molecule has 0 radical (unpaired) electrons. The predicted molar refractivity (Wildman–Crippen MR) is 72.5 cm³/mol. The highest BCUT2D eigenvalue weighted by Gasteiger charge is 2.07. The topological polar surface area (TPSA) is 50.7 Å². The Labute approximate surface area is 108 Å². The highest BCUT2D eigenvalue weighted by Crippen LogP contribution is 2.13. The van der Waals surface area contributed by atoms with Crippen molar-refractivity contribution in [3.8, 4) is 5.69 Å². The Morgan fingerprint density at radius 1 is 1.11 bits per heavy atom. The first-order chi connectivity index (χ1) is 8.77. The number of hydrogen-bond acceptors (Lipinski definition) is 3. The molecule has 0 unspecified atom stereocenters. The summed E-state index contributed by atoms with van der Waals surface area (Å²) < 4.78 is 2.10. The summed E-state index contributed by atoms with van der Waals surface area (Å²) in [5.41, 5.74) is 1.23. The van der Waals surface area contributed by atoms with Crippen LogP contribution in [0.25, 0.3) is 16.7 Å². The van der Waals surface area contributed by atoms with Gasteiger partial charge in [-0.25, -0.2) is 4.98 Å². The number of rotatable bonds is 1. The molecule has 0 bridgehead atoms. The van der Waals surface area contributed by atoms with Gasteiger partial charge in [-0.3, -0.25) is 14.3 Å². The highest BCUT2D eigenvalue weighted by molar-refractivity contribution is 7.71. The lowest BCUT2D eigenvalue weighted by Crippen LogP contribution is -2.14. The Bertz CT molecular complexity index is 821. The molecule has 5 heteroatoms. The van der Waals surface area contributed by atoms with Gasteiger partial charge < -0.3 is 0 Å². The van der Waals surface area contributed by atoms with E-state index >= 15 is 0 Å². The molecular formula is C13H9N3OS. The first-order valence-electron chi connectivity index (χ1n) is 5.43. The molecule has 0 aliphatic rings. The highest BCUT2D eigenvalue weighted by atomic mass is 32.1. The second kappa shape index (κ2) is 4.19. The molecule has 3 aromatic rings. The molecule has 4 nitrogen and oxygen atoms in total. The molecule has 0 aliphatic heterocycles. The van der Waals surface area contributed by atoms with E-state index in [2.05, 4.69) is 9.97 Å². The fourth-order valence-corrected chi connectivity index (χ4v) is 2.17. The molecule has 0 aliphatic carbocycles. The standard InChI is InChI=1S/C13H9N3OS/c17-12-10-7-4-8-14-11(10)16(13(18)15-12)9-5-2-1-3-6-9/h1-8H,(H,15,17,18). The van der Waals surface area contributed by atoms with Crippen molar-refractivity contribution in [2.75, 3.05) is 0 Å². The zero-order valence-corrected chi connectivity index (χ0v) is 10.1. The Kier molecular flexibility index (Phi) is 2.53. The van der Waals surface area contributed by atoms with Gasteiger partial charge in [0.15, 0.2) is 10.4 Å². The van der Waals surface area contributed by atoms with E-state index in [4.69, 9.17) is 12.2 Å². The van der Waals surface area contributed by atoms with E-state index < -0.39 is 0 Å². The summed E-state index contributed by atoms with van der Waals surface area (Å²) in [5, 5.41) is 0.523. The van der Waals surface area contributed by atoms with Gasteiger partial charge in [0.1, 0.15) is 0 Å². The SMILES string of the molecule is O=c1[nH]c(=S)n(-c2ccccc2)c2ncccc12. The van der Waals surface area contributed by atoms with E-state index in [1.807, 2.05) is 30.3 Å². The van der Waals surface area contributed by atoms with Gasteiger partial charge in [-0.05, 0) is 36.5 Å². The van der Waals surface area contributed by atoms with Gasteiger partial charge in [0.05, 0.1) is 5.39 Å². The van der Waals surface area contributed by atoms with Crippen molar-refractivity contribution in [3.05, 3.63) is 63.8 Å². The van der Waals surface area contributed by atoms with E-state index in [0.717, 1.165) is 5.69 Å². The van der Waals surface area contributed by atoms with Crippen LogP contribution in [0.3, 0.4) is 0 Å². The van der Waals surface area contributed by atoms with Crippen LogP contribution in [0.1, 0.15) is 0 Å². The lowest BCUT2D eigenvalue weighted by molar-refractivity contribution is 0.967. The fourth-order valence-electron chi connectivity index (χ4n) is 1.89. The molecule has 0 amide bonds. The summed E-state index contributed by atoms with van der Waals surface area (Å²) in [6.07, 6.45) is 1.65. The van der Waals surface area contributed by atoms with E-state index in [1.54, 1.807) is 22.9 Å². The largest absolute Gasteiger partial charge is 0.298 e. The summed E-state index contributed by atoms with van der Waals surface area (Å²) in [6, 6.07) is 13.1. The summed E-state index contributed by atoms with van der Waals surface area (Å²) in [6.45, 7) is 0. The van der Waals surface area contributed by atoms with Crippen LogP contribution in [-0.2, 0) is 0 Å². The van der Waals surface area contributed by atoms with E-state index in [-0.39, 0.29) is 5.56 Å². The number of nitrogens with one attached hydrogen (secondary N) is 1. The molecule has 88 valence electrons. The second-order valence-electron chi connectivity index (χ2n) is 3.80. The van der Waals surface area contributed by atoms with Gasteiger partial charge in [0.25, 0.3) is 5.56 Å². The summed E-state index contributed by atoms with van der Waals surface area (Å²) in [5.74, 6) is 0. The van der Waals surface area contributed by atoms with E-state index in [0.29, 0.717) is 15.8 Å². The molecule has 0 spiro atoms. The molecule has 2 aromatic heterocycles. The molecule has 18 heavy (non-hydrogen) atoms. The van der Waals surface area contributed by atoms with Gasteiger partial charge in [0.2, 0.25) is 0 Å². The van der Waals surface area contributed by atoms with E-state index in [9.17, 15) is 4.79 Å². The number of hydrogen-bond donors (Lipinski definition) is 1. The smallest absolute Gasteiger partial charge is 0.261 e. The Morgan fingerprint density at radius 2 is 1.89 bits per heavy atom. The maximum absolute atomic E-state index is 11.8. The molecule has 0 atom stereocenters. The molecule has 2 heterocycles. The third-order valence-electron chi connectivity index (χ3n) is 2.68. The fraction of sp³-hybridized carbons (Fsp3) is 0. The Balaban J connectivity index is 2.50. The zero-order valence-electron chi connectivity index (χ0n) is 9.33. The van der Waals surface area contributed by atoms with Gasteiger partial charge in [-0.2, -0.15) is 0 Å². The maximum Gasteiger partial charge on any atom is 0.261 e. The van der Waals surface area contributed by atoms with Crippen LogP contribution < -0.4 is 5.56 Å². The number of benzene rings is 1. The predicted octanol–water partition coefficient (Wildman–Crippen LogP) is 2.44. The summed E-state index contributed by atoms with van der Waals surface area (Å²) in [7, 11) is 0. The lowest BCUT2D eigenvalue weighted by Gasteiger charge is -2.09. The van der Waals surface area contributed by atoms with Gasteiger partial charge >= 0.3 is 0 Å². The molecule has 1 aromatic carbocycles. The zero-order chi connectivity index (χ0) is 12.5. The van der Waals surface area contributed by atoms with Crippen molar-refractivity contribution in [2.24, 2.45) is 0 Å². The van der Waals surface area contributed by atoms with Crippen molar-refractivity contribution in [1.82, 2.24) is 14.5 Å². The molecule has 3 rings (SSSR count). The van der Waals surface area contributed by atoms with Gasteiger partial charge in [0, 0.05) is 11.9 Å². The average molecular weight is 255 g/mol. The monoisotopic (exact) mass is 255 g/mol. The summed E-state index contributed by atoms with van der Waals surface area (Å²) >= 11 is 5.22. The van der Waals surface area contributed by atoms with Gasteiger partial charge in [-0.15, -0.1) is 0 Å². The minimum atomic E-state index is -0.213. The number of pyridine rings is 1. The van der Waals surface area contributed by atoms with Crippen LogP contribution in [0.5, 0.6) is 0 Å². The number of aromatic amines is 1. The number of nitrogens with zero attached hydrogens (tertiary/aromatic N) is 2. The molecule has 0 fully saturated rings. The number of H-pyrrole nitrogens is 1. The molecular weight excluding hydrogens is 246 g/mol. The van der Waals surface area contributed by atoms with Crippen molar-refractivity contribution >= 4 is 23.3 Å². The normalized spacial score (nSPS) is 10.7. The third kappa shape index (κ3) is 1.65. The van der Waals surface area contributed by atoms with Crippen LogP contribution in [0, 0.1) is 4.77 Å². The van der Waals surface area contributed by atoms with Crippen LogP contribution in [-0.4, -0.2) is 14.5 Å². The molecule has 0 saturated carbocycles. The van der Waals surface area contributed by atoms with E-state index in [1.165, 1.54) is 0 Å². The Hall–Kier alpha value is -2.27. The minimum Gasteiger partial charge on any atom is -0.298 e. The number of para-hydroxylation sites is 1. The lowest BCUT2D eigenvalue weighted by atomic mass is 10.3.